The molecule has 1 aliphatic carbocycles. The number of nitrogens with two attached hydrogens (primary N) is 1. The Morgan fingerprint density at radius 1 is 1.36 bits per heavy atom. The number of hydrogen-bond donors (Lipinski definition) is 3. The summed E-state index contributed by atoms with van der Waals surface area (Å²) in [5.74, 6) is 0. The number of rotatable bonds is 1. The topological polar surface area (TPSA) is 75.3 Å². The van der Waals surface area contributed by atoms with Crippen LogP contribution < -0.4 is 11.1 Å². The minimum atomic E-state index is -0.925. The maximum atomic E-state index is 10.2. The fourth-order valence-corrected chi connectivity index (χ4v) is 1.44. The molecule has 0 atom stereocenters. The lowest BCUT2D eigenvalue weighted by atomic mass is 9.92. The van der Waals surface area contributed by atoms with Crippen LogP contribution in [0.25, 0.3) is 0 Å². The highest BCUT2D eigenvalue weighted by atomic mass is 16.4. The monoisotopic (exact) mass is 158 g/mol. The van der Waals surface area contributed by atoms with E-state index >= 15 is 0 Å². The molecule has 11 heavy (non-hydrogen) atoms. The molecule has 1 aliphatic rings. The number of nitrogens with one attached hydrogen (secondary N) is 1. The molecule has 0 heterocycles. The third-order valence-corrected chi connectivity index (χ3v) is 2.10. The first-order valence-corrected chi connectivity index (χ1v) is 3.93. The Morgan fingerprint density at radius 3 is 2.36 bits per heavy atom. The van der Waals surface area contributed by atoms with Crippen LogP contribution in [0.4, 0.5) is 4.79 Å². The van der Waals surface area contributed by atoms with E-state index in [-0.39, 0.29) is 12.1 Å². The van der Waals surface area contributed by atoms with Crippen molar-refractivity contribution in [2.24, 2.45) is 5.73 Å². The van der Waals surface area contributed by atoms with Crippen molar-refractivity contribution in [3.8, 4) is 0 Å². The smallest absolute Gasteiger partial charge is 0.404 e. The first-order chi connectivity index (χ1) is 5.18. The molecular formula is C7H14N2O2. The lowest BCUT2D eigenvalue weighted by Crippen LogP contribution is -2.39. The van der Waals surface area contributed by atoms with Gasteiger partial charge >= 0.3 is 6.09 Å². The van der Waals surface area contributed by atoms with Crippen LogP contribution in [0.5, 0.6) is 0 Å². The molecule has 1 saturated carbocycles. The van der Waals surface area contributed by atoms with E-state index in [2.05, 4.69) is 5.32 Å². The highest BCUT2D eigenvalue weighted by Gasteiger charge is 2.19. The molecule has 0 aromatic rings. The summed E-state index contributed by atoms with van der Waals surface area (Å²) < 4.78 is 0. The van der Waals surface area contributed by atoms with Gasteiger partial charge in [-0.05, 0) is 25.7 Å². The zero-order chi connectivity index (χ0) is 8.27. The van der Waals surface area contributed by atoms with E-state index in [9.17, 15) is 4.79 Å². The molecule has 64 valence electrons. The third kappa shape index (κ3) is 2.76. The van der Waals surface area contributed by atoms with Crippen molar-refractivity contribution >= 4 is 6.09 Å². The van der Waals surface area contributed by atoms with E-state index in [4.69, 9.17) is 10.8 Å². The van der Waals surface area contributed by atoms with Gasteiger partial charge < -0.3 is 16.2 Å². The number of amides is 1. The molecule has 0 radical (unpaired) electrons. The molecule has 0 unspecified atom stereocenters. The zero-order valence-electron chi connectivity index (χ0n) is 6.42. The van der Waals surface area contributed by atoms with Gasteiger partial charge in [-0.25, -0.2) is 4.79 Å². The summed E-state index contributed by atoms with van der Waals surface area (Å²) in [4.78, 5) is 10.2. The summed E-state index contributed by atoms with van der Waals surface area (Å²) in [7, 11) is 0. The van der Waals surface area contributed by atoms with Crippen molar-refractivity contribution in [2.75, 3.05) is 0 Å². The van der Waals surface area contributed by atoms with E-state index in [1.807, 2.05) is 0 Å². The van der Waals surface area contributed by atoms with Gasteiger partial charge in [0.1, 0.15) is 0 Å². The van der Waals surface area contributed by atoms with Crippen LogP contribution in [0.1, 0.15) is 25.7 Å². The fraction of sp³-hybridized carbons (Fsp3) is 0.857. The lowest BCUT2D eigenvalue weighted by molar-refractivity contribution is 0.185. The third-order valence-electron chi connectivity index (χ3n) is 2.10. The van der Waals surface area contributed by atoms with Crippen molar-refractivity contribution in [3.05, 3.63) is 0 Å². The van der Waals surface area contributed by atoms with E-state index < -0.39 is 6.09 Å². The number of hydrogen-bond acceptors (Lipinski definition) is 2. The van der Waals surface area contributed by atoms with Crippen molar-refractivity contribution in [3.63, 3.8) is 0 Å². The van der Waals surface area contributed by atoms with Crippen LogP contribution in [-0.2, 0) is 0 Å². The molecule has 1 amide bonds. The molecular weight excluding hydrogens is 144 g/mol. The van der Waals surface area contributed by atoms with Crippen molar-refractivity contribution in [1.29, 1.82) is 0 Å². The summed E-state index contributed by atoms with van der Waals surface area (Å²) in [5, 5.41) is 10.9. The Balaban J connectivity index is 2.22. The molecule has 4 heteroatoms. The minimum absolute atomic E-state index is 0.132. The van der Waals surface area contributed by atoms with Gasteiger partial charge in [0.05, 0.1) is 0 Å². The van der Waals surface area contributed by atoms with Crippen LogP contribution in [0.2, 0.25) is 0 Å². The molecule has 4 nitrogen and oxygen atoms in total. The first-order valence-electron chi connectivity index (χ1n) is 3.93. The maximum Gasteiger partial charge on any atom is 0.404 e. The largest absolute Gasteiger partial charge is 0.465 e. The summed E-state index contributed by atoms with van der Waals surface area (Å²) in [5.41, 5.74) is 5.65. The number of carbonyl (C=O) groups is 1. The van der Waals surface area contributed by atoms with E-state index in [0.717, 1.165) is 25.7 Å². The fourth-order valence-electron chi connectivity index (χ4n) is 1.44. The predicted octanol–water partition coefficient (Wildman–Crippen LogP) is 0.524. The van der Waals surface area contributed by atoms with Crippen LogP contribution in [-0.4, -0.2) is 23.3 Å². The Hall–Kier alpha value is -0.770. The SMILES string of the molecule is N[C@H]1CC[C@H](NC(=O)O)CC1. The average molecular weight is 158 g/mol. The molecule has 0 bridgehead atoms. The minimum Gasteiger partial charge on any atom is -0.465 e. The van der Waals surface area contributed by atoms with Crippen LogP contribution in [0.15, 0.2) is 0 Å². The second kappa shape index (κ2) is 3.57. The maximum absolute atomic E-state index is 10.2. The highest BCUT2D eigenvalue weighted by Crippen LogP contribution is 2.16. The van der Waals surface area contributed by atoms with Gasteiger partial charge in [-0.3, -0.25) is 0 Å². The quantitative estimate of drug-likeness (QED) is 0.521. The van der Waals surface area contributed by atoms with Crippen molar-refractivity contribution in [1.82, 2.24) is 5.32 Å². The lowest BCUT2D eigenvalue weighted by Gasteiger charge is -2.25. The highest BCUT2D eigenvalue weighted by molar-refractivity contribution is 5.64. The zero-order valence-corrected chi connectivity index (χ0v) is 6.42. The van der Waals surface area contributed by atoms with Gasteiger partial charge in [0.15, 0.2) is 0 Å². The van der Waals surface area contributed by atoms with Crippen LogP contribution >= 0.6 is 0 Å². The summed E-state index contributed by atoms with van der Waals surface area (Å²) in [6, 6.07) is 0.411. The van der Waals surface area contributed by atoms with Gasteiger partial charge in [0.2, 0.25) is 0 Å². The Kier molecular flexibility index (Phi) is 2.70. The predicted molar refractivity (Wildman–Crippen MR) is 41.4 cm³/mol. The molecule has 0 aromatic heterocycles. The summed E-state index contributed by atoms with van der Waals surface area (Å²) in [6.45, 7) is 0. The summed E-state index contributed by atoms with van der Waals surface area (Å²) >= 11 is 0. The molecule has 0 spiro atoms. The van der Waals surface area contributed by atoms with Crippen molar-refractivity contribution < 1.29 is 9.90 Å². The van der Waals surface area contributed by atoms with E-state index in [0.29, 0.717) is 0 Å². The molecule has 0 aromatic carbocycles. The molecule has 4 N–H and O–H groups in total. The second-order valence-corrected chi connectivity index (χ2v) is 3.06. The van der Waals surface area contributed by atoms with E-state index in [1.165, 1.54) is 0 Å². The molecule has 1 fully saturated rings. The van der Waals surface area contributed by atoms with Gasteiger partial charge in [-0.2, -0.15) is 0 Å². The Labute approximate surface area is 65.8 Å². The van der Waals surface area contributed by atoms with Crippen LogP contribution in [0.3, 0.4) is 0 Å². The van der Waals surface area contributed by atoms with Crippen molar-refractivity contribution in [2.45, 2.75) is 37.8 Å². The average Bonchev–Trinajstić information content (AvgIpc) is 1.93. The van der Waals surface area contributed by atoms with Gasteiger partial charge in [-0.15, -0.1) is 0 Å². The normalized spacial score (nSPS) is 31.4. The second-order valence-electron chi connectivity index (χ2n) is 3.06. The number of carboxylic acid groups (broad SMARTS) is 1. The standard InChI is InChI=1S/C7H14N2O2/c8-5-1-3-6(4-2-5)9-7(10)11/h5-6,9H,1-4,8H2,(H,10,11)/t5-,6-. The Bertz CT molecular complexity index is 141. The van der Waals surface area contributed by atoms with E-state index in [1.54, 1.807) is 0 Å². The first kappa shape index (κ1) is 8.33. The van der Waals surface area contributed by atoms with Crippen LogP contribution in [0, 0.1) is 0 Å². The van der Waals surface area contributed by atoms with Gasteiger partial charge in [0, 0.05) is 12.1 Å². The molecule has 0 saturated heterocycles. The molecule has 0 aliphatic heterocycles. The van der Waals surface area contributed by atoms with Gasteiger partial charge in [0.25, 0.3) is 0 Å². The van der Waals surface area contributed by atoms with Gasteiger partial charge in [-0.1, -0.05) is 0 Å². The summed E-state index contributed by atoms with van der Waals surface area (Å²) in [6.07, 6.45) is 2.71. The molecule has 1 rings (SSSR count). The Morgan fingerprint density at radius 2 is 1.91 bits per heavy atom.